The summed E-state index contributed by atoms with van der Waals surface area (Å²) in [5, 5.41) is 0. The third-order valence-electron chi connectivity index (χ3n) is 2.14. The molecule has 2 rings (SSSR count). The smallest absolute Gasteiger partial charge is 0.258 e. The summed E-state index contributed by atoms with van der Waals surface area (Å²) in [5.74, 6) is -0.742. The van der Waals surface area contributed by atoms with Gasteiger partial charge in [-0.05, 0) is 18.2 Å². The first kappa shape index (κ1) is 9.26. The van der Waals surface area contributed by atoms with Crippen LogP contribution in [0.2, 0.25) is 0 Å². The van der Waals surface area contributed by atoms with E-state index in [1.165, 1.54) is 18.2 Å². The van der Waals surface area contributed by atoms with Gasteiger partial charge in [-0.2, -0.15) is 0 Å². The summed E-state index contributed by atoms with van der Waals surface area (Å²) in [6, 6.07) is 4.64. The van der Waals surface area contributed by atoms with Gasteiger partial charge in [0, 0.05) is 12.2 Å². The van der Waals surface area contributed by atoms with Crippen molar-refractivity contribution in [2.75, 3.05) is 16.4 Å². The molecule has 1 aliphatic rings. The largest absolute Gasteiger partial charge is 0.397 e. The fourth-order valence-electron chi connectivity index (χ4n) is 1.36. The van der Waals surface area contributed by atoms with Crippen LogP contribution in [0, 0.1) is 0 Å². The summed E-state index contributed by atoms with van der Waals surface area (Å²) in [6.07, 6.45) is 2.43. The summed E-state index contributed by atoms with van der Waals surface area (Å²) < 4.78 is 0. The molecule has 0 aliphatic carbocycles. The third kappa shape index (κ3) is 1.43. The molecule has 1 heterocycles. The molecule has 0 radical (unpaired) electrons. The molecule has 0 bridgehead atoms. The zero-order chi connectivity index (χ0) is 11.0. The molecule has 0 saturated carbocycles. The van der Waals surface area contributed by atoms with Crippen molar-refractivity contribution in [2.45, 2.75) is 0 Å². The van der Waals surface area contributed by atoms with Crippen LogP contribution >= 0.6 is 0 Å². The number of anilines is 3. The zero-order valence-corrected chi connectivity index (χ0v) is 7.81. The standard InChI is InChI=1S/C10H9N3O2/c11-7-2-1-6(5-8(7)12)13-9(14)3-4-10(13)15/h1-5H,11-12H2. The van der Waals surface area contributed by atoms with Gasteiger partial charge >= 0.3 is 0 Å². The van der Waals surface area contributed by atoms with E-state index in [4.69, 9.17) is 11.5 Å². The van der Waals surface area contributed by atoms with E-state index < -0.39 is 0 Å². The van der Waals surface area contributed by atoms with Crippen molar-refractivity contribution in [3.8, 4) is 0 Å². The number of carbonyl (C=O) groups excluding carboxylic acids is 2. The Morgan fingerprint density at radius 2 is 1.53 bits per heavy atom. The van der Waals surface area contributed by atoms with Crippen molar-refractivity contribution in [3.05, 3.63) is 30.4 Å². The second-order valence-corrected chi connectivity index (χ2v) is 3.16. The predicted molar refractivity (Wildman–Crippen MR) is 56.9 cm³/mol. The van der Waals surface area contributed by atoms with E-state index in [-0.39, 0.29) is 11.8 Å². The Bertz CT molecular complexity index is 462. The number of nitrogens with two attached hydrogens (primary N) is 2. The van der Waals surface area contributed by atoms with Crippen LogP contribution in [-0.4, -0.2) is 11.8 Å². The lowest BCUT2D eigenvalue weighted by Gasteiger charge is -2.14. The molecule has 1 aliphatic heterocycles. The summed E-state index contributed by atoms with van der Waals surface area (Å²) in [4.78, 5) is 23.7. The highest BCUT2D eigenvalue weighted by atomic mass is 16.2. The fourth-order valence-corrected chi connectivity index (χ4v) is 1.36. The summed E-state index contributed by atoms with van der Waals surface area (Å²) >= 11 is 0. The molecule has 0 atom stereocenters. The van der Waals surface area contributed by atoms with Crippen molar-refractivity contribution >= 4 is 28.9 Å². The van der Waals surface area contributed by atoms with E-state index in [9.17, 15) is 9.59 Å². The van der Waals surface area contributed by atoms with Gasteiger partial charge < -0.3 is 11.5 Å². The number of nitrogen functional groups attached to an aromatic ring is 2. The highest BCUT2D eigenvalue weighted by molar-refractivity contribution is 6.28. The minimum Gasteiger partial charge on any atom is -0.397 e. The molecule has 15 heavy (non-hydrogen) atoms. The lowest BCUT2D eigenvalue weighted by atomic mass is 10.2. The maximum atomic E-state index is 11.3. The highest BCUT2D eigenvalue weighted by Crippen LogP contribution is 2.25. The molecule has 2 amide bonds. The Morgan fingerprint density at radius 1 is 0.933 bits per heavy atom. The Morgan fingerprint density at radius 3 is 2.07 bits per heavy atom. The molecule has 76 valence electrons. The molecule has 0 saturated heterocycles. The van der Waals surface area contributed by atoms with Crippen molar-refractivity contribution in [1.82, 2.24) is 0 Å². The second kappa shape index (κ2) is 3.13. The van der Waals surface area contributed by atoms with Crippen molar-refractivity contribution in [1.29, 1.82) is 0 Å². The van der Waals surface area contributed by atoms with Crippen LogP contribution in [0.15, 0.2) is 30.4 Å². The van der Waals surface area contributed by atoms with Gasteiger partial charge in [-0.25, -0.2) is 4.90 Å². The molecular weight excluding hydrogens is 194 g/mol. The van der Waals surface area contributed by atoms with Crippen molar-refractivity contribution in [2.24, 2.45) is 0 Å². The van der Waals surface area contributed by atoms with Gasteiger partial charge in [0.25, 0.3) is 11.8 Å². The Balaban J connectivity index is 2.42. The molecular formula is C10H9N3O2. The number of hydrogen-bond acceptors (Lipinski definition) is 4. The first-order valence-corrected chi connectivity index (χ1v) is 4.31. The molecule has 1 aromatic carbocycles. The van der Waals surface area contributed by atoms with Crippen LogP contribution in [0.3, 0.4) is 0 Å². The molecule has 5 nitrogen and oxygen atoms in total. The van der Waals surface area contributed by atoms with E-state index >= 15 is 0 Å². The maximum Gasteiger partial charge on any atom is 0.258 e. The van der Waals surface area contributed by atoms with E-state index in [0.717, 1.165) is 4.90 Å². The molecule has 4 N–H and O–H groups in total. The van der Waals surface area contributed by atoms with Crippen LogP contribution in [0.4, 0.5) is 17.1 Å². The summed E-state index contributed by atoms with van der Waals surface area (Å²) in [7, 11) is 0. The molecule has 0 fully saturated rings. The Hall–Kier alpha value is -2.30. The number of benzene rings is 1. The molecule has 0 unspecified atom stereocenters. The number of nitrogens with zero attached hydrogens (tertiary/aromatic N) is 1. The zero-order valence-electron chi connectivity index (χ0n) is 7.81. The van der Waals surface area contributed by atoms with Gasteiger partial charge in [0.15, 0.2) is 0 Å². The van der Waals surface area contributed by atoms with Gasteiger partial charge in [-0.15, -0.1) is 0 Å². The van der Waals surface area contributed by atoms with Crippen LogP contribution in [0.25, 0.3) is 0 Å². The first-order valence-electron chi connectivity index (χ1n) is 4.31. The molecule has 5 heteroatoms. The minimum atomic E-state index is -0.371. The van der Waals surface area contributed by atoms with Gasteiger partial charge in [-0.3, -0.25) is 9.59 Å². The quantitative estimate of drug-likeness (QED) is 0.506. The van der Waals surface area contributed by atoms with Crippen LogP contribution in [0.5, 0.6) is 0 Å². The van der Waals surface area contributed by atoms with E-state index in [0.29, 0.717) is 17.1 Å². The monoisotopic (exact) mass is 203 g/mol. The average molecular weight is 203 g/mol. The van der Waals surface area contributed by atoms with E-state index in [1.54, 1.807) is 12.1 Å². The Kier molecular flexibility index (Phi) is 1.93. The van der Waals surface area contributed by atoms with E-state index in [2.05, 4.69) is 0 Å². The number of imide groups is 1. The first-order chi connectivity index (χ1) is 7.09. The summed E-state index contributed by atoms with van der Waals surface area (Å²) in [5.41, 5.74) is 12.3. The molecule has 0 spiro atoms. The lowest BCUT2D eigenvalue weighted by molar-refractivity contribution is -0.119. The van der Waals surface area contributed by atoms with Crippen LogP contribution < -0.4 is 16.4 Å². The number of amides is 2. The van der Waals surface area contributed by atoms with E-state index in [1.807, 2.05) is 0 Å². The lowest BCUT2D eigenvalue weighted by Crippen LogP contribution is -2.29. The highest BCUT2D eigenvalue weighted by Gasteiger charge is 2.25. The number of rotatable bonds is 1. The third-order valence-corrected chi connectivity index (χ3v) is 2.14. The van der Waals surface area contributed by atoms with Gasteiger partial charge in [0.05, 0.1) is 17.1 Å². The van der Waals surface area contributed by atoms with Crippen molar-refractivity contribution in [3.63, 3.8) is 0 Å². The van der Waals surface area contributed by atoms with Crippen LogP contribution in [0.1, 0.15) is 0 Å². The van der Waals surface area contributed by atoms with Gasteiger partial charge in [0.2, 0.25) is 0 Å². The SMILES string of the molecule is Nc1ccc(N2C(=O)C=CC2=O)cc1N. The maximum absolute atomic E-state index is 11.3. The average Bonchev–Trinajstić information content (AvgIpc) is 2.52. The van der Waals surface area contributed by atoms with Crippen molar-refractivity contribution < 1.29 is 9.59 Å². The Labute approximate surface area is 86.0 Å². The van der Waals surface area contributed by atoms with Gasteiger partial charge in [-0.1, -0.05) is 0 Å². The topological polar surface area (TPSA) is 89.4 Å². The molecule has 0 aromatic heterocycles. The molecule has 1 aromatic rings. The summed E-state index contributed by atoms with van der Waals surface area (Å²) in [6.45, 7) is 0. The number of carbonyl (C=O) groups is 2. The van der Waals surface area contributed by atoms with Gasteiger partial charge in [0.1, 0.15) is 0 Å². The predicted octanol–water partition coefficient (Wildman–Crippen LogP) is 0.280. The van der Waals surface area contributed by atoms with Crippen LogP contribution in [-0.2, 0) is 9.59 Å². The second-order valence-electron chi connectivity index (χ2n) is 3.16. The fraction of sp³-hybridized carbons (Fsp3) is 0. The number of hydrogen-bond donors (Lipinski definition) is 2. The normalized spacial score (nSPS) is 15.1. The minimum absolute atomic E-state index is 0.347.